The van der Waals surface area contributed by atoms with E-state index in [9.17, 15) is 4.79 Å². The summed E-state index contributed by atoms with van der Waals surface area (Å²) in [6.45, 7) is 5.43. The smallest absolute Gasteiger partial charge is 0.219 e. The Labute approximate surface area is 122 Å². The third-order valence-corrected chi connectivity index (χ3v) is 4.69. The van der Waals surface area contributed by atoms with Crippen LogP contribution >= 0.6 is 23.5 Å². The summed E-state index contributed by atoms with van der Waals surface area (Å²) in [6, 6.07) is 18.1. The normalized spacial score (nSPS) is 10.2. The van der Waals surface area contributed by atoms with Gasteiger partial charge in [-0.1, -0.05) is 48.7 Å². The van der Waals surface area contributed by atoms with Crippen molar-refractivity contribution in [2.45, 2.75) is 21.6 Å². The lowest BCUT2D eigenvalue weighted by atomic mass is 10.4. The molecule has 2 aromatic rings. The molecule has 0 heterocycles. The number of benzene rings is 2. The van der Waals surface area contributed by atoms with Crippen molar-refractivity contribution in [2.24, 2.45) is 0 Å². The third-order valence-electron chi connectivity index (χ3n) is 2.37. The molecule has 1 nitrogen and oxygen atoms in total. The van der Waals surface area contributed by atoms with E-state index in [1.165, 1.54) is 16.7 Å². The van der Waals surface area contributed by atoms with Crippen LogP contribution in [0.15, 0.2) is 81.4 Å². The summed E-state index contributed by atoms with van der Waals surface area (Å²) in [7, 11) is 0. The highest BCUT2D eigenvalue weighted by atomic mass is 32.2. The molecule has 0 saturated carbocycles. The van der Waals surface area contributed by atoms with Gasteiger partial charge in [-0.25, -0.2) is 0 Å². The molecule has 96 valence electrons. The van der Waals surface area contributed by atoms with Gasteiger partial charge in [0.2, 0.25) is 5.12 Å². The number of hydrogen-bond acceptors (Lipinski definition) is 3. The average Bonchev–Trinajstić information content (AvgIpc) is 2.42. The standard InChI is InChI=1S/C16H14OS2/c1-12(2)16(17)19-15-11-7-6-10-14(15)18-13-8-4-3-5-9-13/h3-11H,1H2,2H3. The van der Waals surface area contributed by atoms with Gasteiger partial charge in [0.1, 0.15) is 0 Å². The Hall–Kier alpha value is -1.45. The summed E-state index contributed by atoms with van der Waals surface area (Å²) in [4.78, 5) is 15.0. The van der Waals surface area contributed by atoms with Crippen molar-refractivity contribution in [2.75, 3.05) is 0 Å². The second-order valence-corrected chi connectivity index (χ2v) is 6.16. The van der Waals surface area contributed by atoms with Gasteiger partial charge >= 0.3 is 0 Å². The minimum absolute atomic E-state index is 0.0149. The van der Waals surface area contributed by atoms with Crippen LogP contribution in [-0.2, 0) is 4.79 Å². The van der Waals surface area contributed by atoms with Crippen LogP contribution in [0.25, 0.3) is 0 Å². The monoisotopic (exact) mass is 286 g/mol. The topological polar surface area (TPSA) is 17.1 Å². The van der Waals surface area contributed by atoms with Crippen molar-refractivity contribution in [3.8, 4) is 0 Å². The Kier molecular flexibility index (Phi) is 4.88. The number of rotatable bonds is 4. The van der Waals surface area contributed by atoms with E-state index in [1.54, 1.807) is 18.7 Å². The minimum atomic E-state index is 0.0149. The first-order valence-corrected chi connectivity index (χ1v) is 7.50. The zero-order chi connectivity index (χ0) is 13.7. The Morgan fingerprint density at radius 3 is 2.16 bits per heavy atom. The predicted molar refractivity (Wildman–Crippen MR) is 82.7 cm³/mol. The van der Waals surface area contributed by atoms with Crippen molar-refractivity contribution in [1.29, 1.82) is 0 Å². The number of hydrogen-bond donors (Lipinski definition) is 0. The Bertz CT molecular complexity index is 591. The molecule has 0 amide bonds. The Morgan fingerprint density at radius 2 is 1.53 bits per heavy atom. The molecule has 2 aromatic carbocycles. The minimum Gasteiger partial charge on any atom is -0.282 e. The largest absolute Gasteiger partial charge is 0.282 e. The maximum Gasteiger partial charge on any atom is 0.219 e. The van der Waals surface area contributed by atoms with E-state index in [2.05, 4.69) is 18.7 Å². The molecule has 0 fully saturated rings. The molecule has 0 N–H and O–H groups in total. The summed E-state index contributed by atoms with van der Waals surface area (Å²) >= 11 is 2.90. The highest BCUT2D eigenvalue weighted by Crippen LogP contribution is 2.36. The number of carbonyl (C=O) groups is 1. The van der Waals surface area contributed by atoms with E-state index in [1.807, 2.05) is 42.5 Å². The molecule has 19 heavy (non-hydrogen) atoms. The van der Waals surface area contributed by atoms with E-state index < -0.39 is 0 Å². The first-order valence-electron chi connectivity index (χ1n) is 5.86. The highest BCUT2D eigenvalue weighted by Gasteiger charge is 2.10. The van der Waals surface area contributed by atoms with Gasteiger partial charge in [0.25, 0.3) is 0 Å². The molecule has 3 heteroatoms. The molecule has 0 atom stereocenters. The lowest BCUT2D eigenvalue weighted by Crippen LogP contribution is -1.92. The third kappa shape index (κ3) is 4.01. The van der Waals surface area contributed by atoms with E-state index in [0.29, 0.717) is 5.57 Å². The van der Waals surface area contributed by atoms with Crippen LogP contribution in [0.4, 0.5) is 0 Å². The molecule has 0 saturated heterocycles. The first-order chi connectivity index (χ1) is 9.16. The summed E-state index contributed by atoms with van der Waals surface area (Å²) in [6.07, 6.45) is 0. The summed E-state index contributed by atoms with van der Waals surface area (Å²) in [5, 5.41) is 0.0149. The molecule has 2 rings (SSSR count). The van der Waals surface area contributed by atoms with Gasteiger partial charge in [-0.15, -0.1) is 0 Å². The second kappa shape index (κ2) is 6.64. The molecular weight excluding hydrogens is 272 g/mol. The van der Waals surface area contributed by atoms with Crippen LogP contribution in [0.5, 0.6) is 0 Å². The maximum absolute atomic E-state index is 11.8. The van der Waals surface area contributed by atoms with Crippen LogP contribution in [0.3, 0.4) is 0 Å². The van der Waals surface area contributed by atoms with Crippen LogP contribution in [0, 0.1) is 0 Å². The second-order valence-electron chi connectivity index (χ2n) is 4.03. The van der Waals surface area contributed by atoms with Gasteiger partial charge in [0, 0.05) is 14.7 Å². The van der Waals surface area contributed by atoms with Gasteiger partial charge < -0.3 is 0 Å². The van der Waals surface area contributed by atoms with Crippen LogP contribution < -0.4 is 0 Å². The van der Waals surface area contributed by atoms with Crippen molar-refractivity contribution in [1.82, 2.24) is 0 Å². The SMILES string of the molecule is C=C(C)C(=O)Sc1ccccc1Sc1ccccc1. The van der Waals surface area contributed by atoms with E-state index >= 15 is 0 Å². The van der Waals surface area contributed by atoms with E-state index in [4.69, 9.17) is 0 Å². The van der Waals surface area contributed by atoms with Gasteiger partial charge in [-0.3, -0.25) is 4.79 Å². The molecule has 0 radical (unpaired) electrons. The lowest BCUT2D eigenvalue weighted by molar-refractivity contribution is -0.107. The average molecular weight is 286 g/mol. The van der Waals surface area contributed by atoms with Gasteiger partial charge in [0.05, 0.1) is 0 Å². The molecular formula is C16H14OS2. The van der Waals surface area contributed by atoms with Crippen LogP contribution in [0.1, 0.15) is 6.92 Å². The van der Waals surface area contributed by atoms with Crippen molar-refractivity contribution in [3.05, 3.63) is 66.7 Å². The highest BCUT2D eigenvalue weighted by molar-refractivity contribution is 8.14. The fourth-order valence-electron chi connectivity index (χ4n) is 1.42. The summed E-state index contributed by atoms with van der Waals surface area (Å²) in [5.41, 5.74) is 0.574. The molecule has 0 aromatic heterocycles. The Morgan fingerprint density at radius 1 is 0.947 bits per heavy atom. The zero-order valence-electron chi connectivity index (χ0n) is 10.6. The summed E-state index contributed by atoms with van der Waals surface area (Å²) < 4.78 is 0. The summed E-state index contributed by atoms with van der Waals surface area (Å²) in [5.74, 6) is 0. The quantitative estimate of drug-likeness (QED) is 0.579. The maximum atomic E-state index is 11.8. The van der Waals surface area contributed by atoms with E-state index in [0.717, 1.165) is 9.79 Å². The van der Waals surface area contributed by atoms with E-state index in [-0.39, 0.29) is 5.12 Å². The molecule has 0 aliphatic heterocycles. The molecule has 0 aliphatic carbocycles. The molecule has 0 unspecified atom stereocenters. The van der Waals surface area contributed by atoms with Crippen molar-refractivity contribution < 1.29 is 4.79 Å². The first kappa shape index (κ1) is 14.0. The number of thioether (sulfide) groups is 1. The van der Waals surface area contributed by atoms with Gasteiger partial charge in [-0.05, 0) is 48.5 Å². The van der Waals surface area contributed by atoms with Crippen LogP contribution in [-0.4, -0.2) is 5.12 Å². The van der Waals surface area contributed by atoms with Gasteiger partial charge in [-0.2, -0.15) is 0 Å². The predicted octanol–water partition coefficient (Wildman–Crippen LogP) is 5.03. The van der Waals surface area contributed by atoms with Crippen LogP contribution in [0.2, 0.25) is 0 Å². The molecule has 0 spiro atoms. The molecule has 0 aliphatic rings. The van der Waals surface area contributed by atoms with Crippen molar-refractivity contribution in [3.63, 3.8) is 0 Å². The molecule has 0 bridgehead atoms. The zero-order valence-corrected chi connectivity index (χ0v) is 12.3. The lowest BCUT2D eigenvalue weighted by Gasteiger charge is -2.07. The van der Waals surface area contributed by atoms with Crippen molar-refractivity contribution >= 4 is 28.6 Å². The fourth-order valence-corrected chi connectivity index (χ4v) is 3.22. The van der Waals surface area contributed by atoms with Gasteiger partial charge in [0.15, 0.2) is 0 Å². The fraction of sp³-hybridized carbons (Fsp3) is 0.0625. The Balaban J connectivity index is 2.21. The number of carbonyl (C=O) groups excluding carboxylic acids is 1.